The van der Waals surface area contributed by atoms with Crippen LogP contribution in [0.1, 0.15) is 63.4 Å². The van der Waals surface area contributed by atoms with Crippen molar-refractivity contribution in [2.24, 2.45) is 0 Å². The molecule has 0 radical (unpaired) electrons. The lowest BCUT2D eigenvalue weighted by molar-refractivity contribution is 0.0681. The van der Waals surface area contributed by atoms with E-state index in [0.29, 0.717) is 11.3 Å². The van der Waals surface area contributed by atoms with Gasteiger partial charge in [0.15, 0.2) is 11.4 Å². The Bertz CT molecular complexity index is 893. The minimum absolute atomic E-state index is 0.103. The minimum atomic E-state index is -1.34. The van der Waals surface area contributed by atoms with Crippen molar-refractivity contribution in [3.8, 4) is 0 Å². The monoisotopic (exact) mass is 382 g/mol. The van der Waals surface area contributed by atoms with Crippen molar-refractivity contribution in [2.75, 3.05) is 12.4 Å². The number of aromatic carboxylic acids is 1. The van der Waals surface area contributed by atoms with Crippen LogP contribution in [0.15, 0.2) is 36.7 Å². The lowest BCUT2D eigenvalue weighted by atomic mass is 9.94. The highest BCUT2D eigenvalue weighted by Crippen LogP contribution is 2.23. The van der Waals surface area contributed by atoms with Gasteiger partial charge in [-0.05, 0) is 31.0 Å². The summed E-state index contributed by atoms with van der Waals surface area (Å²) in [4.78, 5) is 45.7. The predicted octanol–water partition coefficient (Wildman–Crippen LogP) is 2.83. The fourth-order valence-corrected chi connectivity index (χ4v) is 3.42. The summed E-state index contributed by atoms with van der Waals surface area (Å²) in [5.41, 5.74) is 0.133. The first-order chi connectivity index (χ1) is 13.5. The molecule has 1 aliphatic rings. The molecule has 0 unspecified atom stereocenters. The Hall–Kier alpha value is -3.29. The maximum Gasteiger partial charge on any atom is 0.356 e. The van der Waals surface area contributed by atoms with E-state index in [9.17, 15) is 14.4 Å². The van der Waals surface area contributed by atoms with E-state index in [4.69, 9.17) is 5.11 Å². The standard InChI is InChI=1S/C20H22N4O4/c1-24(15-8-3-2-4-9-15)19(26)13-6-5-7-14(12-13)23-18(25)16-17(20(27)28)22-11-10-21-16/h5-7,10-12,15H,2-4,8-9H2,1H3,(H,23,25)(H,27,28). The molecule has 0 bridgehead atoms. The summed E-state index contributed by atoms with van der Waals surface area (Å²) in [7, 11) is 1.81. The van der Waals surface area contributed by atoms with E-state index in [1.807, 2.05) is 7.05 Å². The highest BCUT2D eigenvalue weighted by Gasteiger charge is 2.24. The molecule has 2 aromatic rings. The molecule has 3 rings (SSSR count). The fourth-order valence-electron chi connectivity index (χ4n) is 3.42. The number of amides is 2. The second-order valence-corrected chi connectivity index (χ2v) is 6.80. The van der Waals surface area contributed by atoms with Gasteiger partial charge < -0.3 is 15.3 Å². The average molecular weight is 382 g/mol. The molecule has 0 spiro atoms. The summed E-state index contributed by atoms with van der Waals surface area (Å²) in [6.45, 7) is 0. The fraction of sp³-hybridized carbons (Fsp3) is 0.350. The Morgan fingerprint density at radius 2 is 1.75 bits per heavy atom. The number of carbonyl (C=O) groups excluding carboxylic acids is 2. The summed E-state index contributed by atoms with van der Waals surface area (Å²) in [5.74, 6) is -2.14. The molecule has 1 heterocycles. The van der Waals surface area contributed by atoms with Gasteiger partial charge in [-0.2, -0.15) is 0 Å². The lowest BCUT2D eigenvalue weighted by Crippen LogP contribution is -2.38. The Labute approximate surface area is 162 Å². The molecule has 8 nitrogen and oxygen atoms in total. The second-order valence-electron chi connectivity index (χ2n) is 6.80. The van der Waals surface area contributed by atoms with Gasteiger partial charge in [0.25, 0.3) is 11.8 Å². The van der Waals surface area contributed by atoms with Gasteiger partial charge in [-0.3, -0.25) is 9.59 Å². The molecule has 1 aliphatic carbocycles. The number of hydrogen-bond donors (Lipinski definition) is 2. The van der Waals surface area contributed by atoms with Crippen LogP contribution in [0, 0.1) is 0 Å². The molecule has 2 amide bonds. The van der Waals surface area contributed by atoms with Crippen LogP contribution in [0.5, 0.6) is 0 Å². The van der Waals surface area contributed by atoms with Crippen LogP contribution in [-0.4, -0.2) is 50.8 Å². The highest BCUT2D eigenvalue weighted by atomic mass is 16.4. The topological polar surface area (TPSA) is 112 Å². The second kappa shape index (κ2) is 8.60. The lowest BCUT2D eigenvalue weighted by Gasteiger charge is -2.31. The van der Waals surface area contributed by atoms with Gasteiger partial charge in [0.05, 0.1) is 0 Å². The van der Waals surface area contributed by atoms with Gasteiger partial charge in [0, 0.05) is 36.7 Å². The molecule has 8 heteroatoms. The molecule has 1 saturated carbocycles. The molecule has 1 fully saturated rings. The quantitative estimate of drug-likeness (QED) is 0.822. The number of aromatic nitrogens is 2. The number of benzene rings is 1. The summed E-state index contributed by atoms with van der Waals surface area (Å²) in [6.07, 6.45) is 7.93. The number of nitrogens with one attached hydrogen (secondary N) is 1. The molecule has 28 heavy (non-hydrogen) atoms. The predicted molar refractivity (Wildman–Crippen MR) is 102 cm³/mol. The maximum atomic E-state index is 12.8. The average Bonchev–Trinajstić information content (AvgIpc) is 2.73. The summed E-state index contributed by atoms with van der Waals surface area (Å²) < 4.78 is 0. The third-order valence-electron chi connectivity index (χ3n) is 4.93. The number of carboxylic acid groups (broad SMARTS) is 1. The van der Waals surface area contributed by atoms with Gasteiger partial charge in [0.2, 0.25) is 0 Å². The molecule has 1 aromatic carbocycles. The first-order valence-corrected chi connectivity index (χ1v) is 9.20. The Balaban J connectivity index is 1.75. The van der Waals surface area contributed by atoms with E-state index in [2.05, 4.69) is 15.3 Å². The number of carbonyl (C=O) groups is 3. The molecule has 0 saturated heterocycles. The molecular weight excluding hydrogens is 360 g/mol. The largest absolute Gasteiger partial charge is 0.476 e. The number of rotatable bonds is 5. The normalized spacial score (nSPS) is 14.3. The number of nitrogens with zero attached hydrogens (tertiary/aromatic N) is 3. The zero-order chi connectivity index (χ0) is 20.1. The molecule has 2 N–H and O–H groups in total. The highest BCUT2D eigenvalue weighted by molar-refractivity contribution is 6.08. The molecule has 1 aromatic heterocycles. The van der Waals surface area contributed by atoms with Gasteiger partial charge in [0.1, 0.15) is 0 Å². The van der Waals surface area contributed by atoms with Gasteiger partial charge in [-0.25, -0.2) is 14.8 Å². The Kier molecular flexibility index (Phi) is 5.98. The number of carboxylic acids is 1. The zero-order valence-electron chi connectivity index (χ0n) is 15.6. The van der Waals surface area contributed by atoms with Crippen LogP contribution in [0.3, 0.4) is 0 Å². The summed E-state index contributed by atoms with van der Waals surface area (Å²) in [5, 5.41) is 11.7. The third kappa shape index (κ3) is 4.33. The number of hydrogen-bond acceptors (Lipinski definition) is 5. The van der Waals surface area contributed by atoms with E-state index in [1.54, 1.807) is 29.2 Å². The molecule has 0 aliphatic heterocycles. The van der Waals surface area contributed by atoms with E-state index in [0.717, 1.165) is 25.7 Å². The smallest absolute Gasteiger partial charge is 0.356 e. The van der Waals surface area contributed by atoms with Gasteiger partial charge >= 0.3 is 5.97 Å². The molecule has 146 valence electrons. The first-order valence-electron chi connectivity index (χ1n) is 9.20. The zero-order valence-corrected chi connectivity index (χ0v) is 15.6. The molecule has 0 atom stereocenters. The van der Waals surface area contributed by atoms with Crippen LogP contribution in [0.25, 0.3) is 0 Å². The van der Waals surface area contributed by atoms with Gasteiger partial charge in [-0.15, -0.1) is 0 Å². The minimum Gasteiger partial charge on any atom is -0.476 e. The third-order valence-corrected chi connectivity index (χ3v) is 4.93. The van der Waals surface area contributed by atoms with Crippen LogP contribution in [0.2, 0.25) is 0 Å². The summed E-state index contributed by atoms with van der Waals surface area (Å²) in [6, 6.07) is 6.81. The van der Waals surface area contributed by atoms with Crippen molar-refractivity contribution >= 4 is 23.5 Å². The van der Waals surface area contributed by atoms with E-state index in [-0.39, 0.29) is 17.6 Å². The Morgan fingerprint density at radius 3 is 2.43 bits per heavy atom. The maximum absolute atomic E-state index is 12.8. The van der Waals surface area contributed by atoms with Crippen molar-refractivity contribution < 1.29 is 19.5 Å². The van der Waals surface area contributed by atoms with Crippen molar-refractivity contribution in [1.82, 2.24) is 14.9 Å². The number of anilines is 1. The first kappa shape index (κ1) is 19.5. The van der Waals surface area contributed by atoms with E-state index < -0.39 is 17.6 Å². The van der Waals surface area contributed by atoms with Crippen LogP contribution >= 0.6 is 0 Å². The molecular formula is C20H22N4O4. The SMILES string of the molecule is CN(C(=O)c1cccc(NC(=O)c2nccnc2C(=O)O)c1)C1CCCCC1. The van der Waals surface area contributed by atoms with Crippen molar-refractivity contribution in [3.05, 3.63) is 53.6 Å². The van der Waals surface area contributed by atoms with E-state index >= 15 is 0 Å². The van der Waals surface area contributed by atoms with Crippen LogP contribution < -0.4 is 5.32 Å². The van der Waals surface area contributed by atoms with Crippen LogP contribution in [0.4, 0.5) is 5.69 Å². The van der Waals surface area contributed by atoms with Crippen molar-refractivity contribution in [3.63, 3.8) is 0 Å². The summed E-state index contributed by atoms with van der Waals surface area (Å²) >= 11 is 0. The van der Waals surface area contributed by atoms with E-state index in [1.165, 1.54) is 18.8 Å². The van der Waals surface area contributed by atoms with Crippen molar-refractivity contribution in [1.29, 1.82) is 0 Å². The van der Waals surface area contributed by atoms with Crippen molar-refractivity contribution in [2.45, 2.75) is 38.1 Å². The Morgan fingerprint density at radius 1 is 1.07 bits per heavy atom. The van der Waals surface area contributed by atoms with Gasteiger partial charge in [-0.1, -0.05) is 25.3 Å². The van der Waals surface area contributed by atoms with Crippen LogP contribution in [-0.2, 0) is 0 Å².